The van der Waals surface area contributed by atoms with E-state index in [1.807, 2.05) is 43.3 Å². The van der Waals surface area contributed by atoms with Crippen molar-refractivity contribution < 1.29 is 9.53 Å². The average molecular weight is 369 g/mol. The number of rotatable bonds is 6. The van der Waals surface area contributed by atoms with Gasteiger partial charge in [0.25, 0.3) is 11.5 Å². The Morgan fingerprint density at radius 2 is 1.89 bits per heavy atom. The van der Waals surface area contributed by atoms with E-state index >= 15 is 0 Å². The first-order chi connectivity index (χ1) is 13.1. The molecule has 1 aliphatic rings. The highest BCUT2D eigenvalue weighted by molar-refractivity contribution is 5.95. The minimum absolute atomic E-state index is 0.140. The SMILES string of the molecule is Cc1ccn(C(C)c2ccccc2)c(=O)c1C(=O)NCCN1CCOCC1. The number of amides is 1. The standard InChI is InChI=1S/C21H27N3O3/c1-16-8-10-24(17(2)18-6-4-3-5-7-18)21(26)19(16)20(25)22-9-11-23-12-14-27-15-13-23/h3-8,10,17H,9,11-15H2,1-2H3,(H,22,25). The van der Waals surface area contributed by atoms with Crippen molar-refractivity contribution in [2.24, 2.45) is 0 Å². The summed E-state index contributed by atoms with van der Waals surface area (Å²) < 4.78 is 6.95. The molecule has 1 fully saturated rings. The maximum absolute atomic E-state index is 13.0. The summed E-state index contributed by atoms with van der Waals surface area (Å²) in [4.78, 5) is 27.9. The predicted octanol–water partition coefficient (Wildman–Crippen LogP) is 1.83. The molecular weight excluding hydrogens is 342 g/mol. The molecular formula is C21H27N3O3. The largest absolute Gasteiger partial charge is 0.379 e. The van der Waals surface area contributed by atoms with Gasteiger partial charge in [0.1, 0.15) is 5.56 Å². The van der Waals surface area contributed by atoms with E-state index in [1.54, 1.807) is 17.7 Å². The molecule has 0 saturated carbocycles. The summed E-state index contributed by atoms with van der Waals surface area (Å²) in [5, 5.41) is 2.90. The average Bonchev–Trinajstić information content (AvgIpc) is 2.69. The highest BCUT2D eigenvalue weighted by atomic mass is 16.5. The Morgan fingerprint density at radius 1 is 1.19 bits per heavy atom. The predicted molar refractivity (Wildman–Crippen MR) is 105 cm³/mol. The minimum Gasteiger partial charge on any atom is -0.379 e. The summed E-state index contributed by atoms with van der Waals surface area (Å²) in [6, 6.07) is 11.5. The number of carbonyl (C=O) groups is 1. The summed E-state index contributed by atoms with van der Waals surface area (Å²) in [6.07, 6.45) is 1.76. The molecule has 0 bridgehead atoms. The Bertz CT molecular complexity index is 826. The zero-order valence-corrected chi connectivity index (χ0v) is 16.0. The van der Waals surface area contributed by atoms with Gasteiger partial charge in [-0.25, -0.2) is 0 Å². The lowest BCUT2D eigenvalue weighted by Gasteiger charge is -2.26. The second-order valence-electron chi connectivity index (χ2n) is 6.88. The van der Waals surface area contributed by atoms with Crippen molar-refractivity contribution in [1.82, 2.24) is 14.8 Å². The monoisotopic (exact) mass is 369 g/mol. The molecule has 0 aliphatic carbocycles. The molecule has 2 aromatic rings. The summed E-state index contributed by atoms with van der Waals surface area (Å²) in [6.45, 7) is 8.25. The molecule has 1 aromatic carbocycles. The number of aromatic nitrogens is 1. The number of aryl methyl sites for hydroxylation is 1. The van der Waals surface area contributed by atoms with Crippen LogP contribution in [-0.4, -0.2) is 54.8 Å². The smallest absolute Gasteiger partial charge is 0.264 e. The van der Waals surface area contributed by atoms with Gasteiger partial charge in [-0.15, -0.1) is 0 Å². The summed E-state index contributed by atoms with van der Waals surface area (Å²) in [5.74, 6) is -0.305. The van der Waals surface area contributed by atoms with E-state index in [1.165, 1.54) is 0 Å². The van der Waals surface area contributed by atoms with Crippen LogP contribution in [0.5, 0.6) is 0 Å². The van der Waals surface area contributed by atoms with Crippen molar-refractivity contribution >= 4 is 5.91 Å². The van der Waals surface area contributed by atoms with Crippen LogP contribution in [0, 0.1) is 6.92 Å². The fourth-order valence-electron chi connectivity index (χ4n) is 3.35. The minimum atomic E-state index is -0.305. The second-order valence-corrected chi connectivity index (χ2v) is 6.88. The quantitative estimate of drug-likeness (QED) is 0.844. The molecule has 1 unspecified atom stereocenters. The third kappa shape index (κ3) is 4.64. The van der Waals surface area contributed by atoms with E-state index < -0.39 is 0 Å². The van der Waals surface area contributed by atoms with E-state index in [4.69, 9.17) is 4.74 Å². The van der Waals surface area contributed by atoms with E-state index in [9.17, 15) is 9.59 Å². The molecule has 1 aliphatic heterocycles. The molecule has 2 heterocycles. The van der Waals surface area contributed by atoms with Gasteiger partial charge in [0.15, 0.2) is 0 Å². The van der Waals surface area contributed by atoms with Gasteiger partial charge in [0.2, 0.25) is 0 Å². The topological polar surface area (TPSA) is 63.6 Å². The van der Waals surface area contributed by atoms with Crippen molar-refractivity contribution in [3.8, 4) is 0 Å². The molecule has 6 heteroatoms. The van der Waals surface area contributed by atoms with Crippen molar-refractivity contribution in [3.05, 3.63) is 69.6 Å². The first-order valence-corrected chi connectivity index (χ1v) is 9.43. The third-order valence-corrected chi connectivity index (χ3v) is 5.07. The molecule has 1 amide bonds. The first kappa shape index (κ1) is 19.3. The fourth-order valence-corrected chi connectivity index (χ4v) is 3.35. The third-order valence-electron chi connectivity index (χ3n) is 5.07. The number of benzene rings is 1. The van der Waals surface area contributed by atoms with E-state index in [0.717, 1.165) is 38.4 Å². The number of pyridine rings is 1. The van der Waals surface area contributed by atoms with Gasteiger partial charge in [-0.05, 0) is 31.0 Å². The molecule has 1 aromatic heterocycles. The molecule has 1 atom stereocenters. The lowest BCUT2D eigenvalue weighted by molar-refractivity contribution is 0.0383. The van der Waals surface area contributed by atoms with Crippen molar-refractivity contribution in [3.63, 3.8) is 0 Å². The first-order valence-electron chi connectivity index (χ1n) is 9.43. The van der Waals surface area contributed by atoms with Gasteiger partial charge in [-0.3, -0.25) is 14.5 Å². The van der Waals surface area contributed by atoms with Gasteiger partial charge in [-0.1, -0.05) is 30.3 Å². The molecule has 3 rings (SSSR count). The molecule has 0 radical (unpaired) electrons. The highest BCUT2D eigenvalue weighted by Gasteiger charge is 2.19. The van der Waals surface area contributed by atoms with Gasteiger partial charge in [-0.2, -0.15) is 0 Å². The molecule has 27 heavy (non-hydrogen) atoms. The van der Waals surface area contributed by atoms with Gasteiger partial charge in [0.05, 0.1) is 19.3 Å². The van der Waals surface area contributed by atoms with E-state index in [-0.39, 0.29) is 23.1 Å². The van der Waals surface area contributed by atoms with E-state index in [2.05, 4.69) is 10.2 Å². The van der Waals surface area contributed by atoms with Crippen LogP contribution < -0.4 is 10.9 Å². The molecule has 0 spiro atoms. The van der Waals surface area contributed by atoms with Crippen LogP contribution in [0.4, 0.5) is 0 Å². The van der Waals surface area contributed by atoms with Crippen LogP contribution in [-0.2, 0) is 4.74 Å². The Labute approximate surface area is 159 Å². The number of nitrogens with zero attached hydrogens (tertiary/aromatic N) is 2. The maximum Gasteiger partial charge on any atom is 0.264 e. The lowest BCUT2D eigenvalue weighted by atomic mass is 10.1. The number of nitrogens with one attached hydrogen (secondary N) is 1. The van der Waals surface area contributed by atoms with Crippen molar-refractivity contribution in [2.75, 3.05) is 39.4 Å². The Kier molecular flexibility index (Phi) is 6.42. The van der Waals surface area contributed by atoms with Gasteiger partial charge in [0, 0.05) is 32.4 Å². The maximum atomic E-state index is 13.0. The molecule has 6 nitrogen and oxygen atoms in total. The zero-order chi connectivity index (χ0) is 19.2. The number of hydrogen-bond donors (Lipinski definition) is 1. The number of ether oxygens (including phenoxy) is 1. The van der Waals surface area contributed by atoms with Crippen molar-refractivity contribution in [2.45, 2.75) is 19.9 Å². The Balaban J connectivity index is 1.72. The fraction of sp³-hybridized carbons (Fsp3) is 0.429. The van der Waals surface area contributed by atoms with Crippen LogP contribution in [0.1, 0.15) is 34.5 Å². The van der Waals surface area contributed by atoms with Crippen LogP contribution >= 0.6 is 0 Å². The Hall–Kier alpha value is -2.44. The van der Waals surface area contributed by atoms with Crippen molar-refractivity contribution in [1.29, 1.82) is 0 Å². The van der Waals surface area contributed by atoms with Gasteiger partial charge >= 0.3 is 0 Å². The summed E-state index contributed by atoms with van der Waals surface area (Å²) in [7, 11) is 0. The van der Waals surface area contributed by atoms with E-state index in [0.29, 0.717) is 12.1 Å². The molecule has 1 saturated heterocycles. The lowest BCUT2D eigenvalue weighted by Crippen LogP contribution is -2.42. The Morgan fingerprint density at radius 3 is 2.59 bits per heavy atom. The van der Waals surface area contributed by atoms with Gasteiger partial charge < -0.3 is 14.6 Å². The number of carbonyl (C=O) groups excluding carboxylic acids is 1. The normalized spacial score (nSPS) is 16.1. The summed E-state index contributed by atoms with van der Waals surface area (Å²) in [5.41, 5.74) is 1.69. The van der Waals surface area contributed by atoms with Crippen LogP contribution in [0.25, 0.3) is 0 Å². The molecule has 1 N–H and O–H groups in total. The number of morpholine rings is 1. The molecule has 144 valence electrons. The van der Waals surface area contributed by atoms with Crippen LogP contribution in [0.2, 0.25) is 0 Å². The zero-order valence-electron chi connectivity index (χ0n) is 16.0. The highest BCUT2D eigenvalue weighted by Crippen LogP contribution is 2.16. The number of hydrogen-bond acceptors (Lipinski definition) is 4. The van der Waals surface area contributed by atoms with Crippen LogP contribution in [0.15, 0.2) is 47.4 Å². The van der Waals surface area contributed by atoms with Crippen LogP contribution in [0.3, 0.4) is 0 Å². The summed E-state index contributed by atoms with van der Waals surface area (Å²) >= 11 is 0. The second kappa shape index (κ2) is 8.97.